The van der Waals surface area contributed by atoms with Crippen LogP contribution in [0.4, 0.5) is 0 Å². The Hall–Kier alpha value is -0.930. The van der Waals surface area contributed by atoms with Gasteiger partial charge in [-0.25, -0.2) is 0 Å². The maximum atomic E-state index is 5.15. The highest BCUT2D eigenvalue weighted by molar-refractivity contribution is 5.13. The van der Waals surface area contributed by atoms with E-state index >= 15 is 0 Å². The molecule has 0 spiro atoms. The number of hydrogen-bond acceptors (Lipinski definition) is 3. The van der Waals surface area contributed by atoms with Gasteiger partial charge in [-0.1, -0.05) is 13.0 Å². The van der Waals surface area contributed by atoms with Crippen LogP contribution in [-0.4, -0.2) is 31.3 Å². The van der Waals surface area contributed by atoms with E-state index in [1.54, 1.807) is 7.11 Å². The van der Waals surface area contributed by atoms with Crippen LogP contribution in [-0.2, 0) is 11.2 Å². The van der Waals surface area contributed by atoms with Crippen LogP contribution in [0.3, 0.4) is 0 Å². The van der Waals surface area contributed by atoms with Gasteiger partial charge in [-0.2, -0.15) is 0 Å². The van der Waals surface area contributed by atoms with Crippen LogP contribution in [0.15, 0.2) is 18.3 Å². The monoisotopic (exact) mass is 236 g/mol. The number of aromatic nitrogens is 1. The quantitative estimate of drug-likeness (QED) is 0.752. The number of nitrogens with one attached hydrogen (secondary N) is 1. The average molecular weight is 236 g/mol. The largest absolute Gasteiger partial charge is 0.385 e. The van der Waals surface area contributed by atoms with Crippen molar-refractivity contribution in [3.8, 4) is 0 Å². The van der Waals surface area contributed by atoms with Crippen LogP contribution in [0.2, 0.25) is 0 Å². The van der Waals surface area contributed by atoms with Gasteiger partial charge in [0.05, 0.1) is 0 Å². The molecule has 0 amide bonds. The van der Waals surface area contributed by atoms with E-state index in [9.17, 15) is 0 Å². The molecule has 1 heterocycles. The molecule has 17 heavy (non-hydrogen) atoms. The van der Waals surface area contributed by atoms with E-state index in [1.807, 2.05) is 6.20 Å². The lowest BCUT2D eigenvalue weighted by atomic mass is 10.1. The lowest BCUT2D eigenvalue weighted by molar-refractivity contribution is 0.182. The molecule has 0 fully saturated rings. The van der Waals surface area contributed by atoms with Gasteiger partial charge in [0.2, 0.25) is 0 Å². The van der Waals surface area contributed by atoms with Gasteiger partial charge < -0.3 is 10.1 Å². The second-order valence-electron chi connectivity index (χ2n) is 4.46. The van der Waals surface area contributed by atoms with Crippen LogP contribution in [0, 0.1) is 6.92 Å². The zero-order chi connectivity index (χ0) is 12.5. The fourth-order valence-corrected chi connectivity index (χ4v) is 1.76. The SMILES string of the molecule is CCCNC(CCOC)Cc1ccc(C)cn1. The fraction of sp³-hybridized carbons (Fsp3) is 0.643. The highest BCUT2D eigenvalue weighted by Crippen LogP contribution is 2.05. The first-order valence-electron chi connectivity index (χ1n) is 6.40. The summed E-state index contributed by atoms with van der Waals surface area (Å²) in [5.74, 6) is 0. The highest BCUT2D eigenvalue weighted by atomic mass is 16.5. The average Bonchev–Trinajstić information content (AvgIpc) is 2.35. The Kier molecular flexibility index (Phi) is 6.82. The third-order valence-electron chi connectivity index (χ3n) is 2.78. The molecule has 3 nitrogen and oxygen atoms in total. The molecule has 0 saturated heterocycles. The van der Waals surface area contributed by atoms with Crippen molar-refractivity contribution in [2.45, 2.75) is 39.2 Å². The topological polar surface area (TPSA) is 34.1 Å². The first-order chi connectivity index (χ1) is 8.26. The van der Waals surface area contributed by atoms with E-state index in [-0.39, 0.29) is 0 Å². The minimum absolute atomic E-state index is 0.463. The van der Waals surface area contributed by atoms with Gasteiger partial charge in [0.1, 0.15) is 0 Å². The highest BCUT2D eigenvalue weighted by Gasteiger charge is 2.09. The third-order valence-corrected chi connectivity index (χ3v) is 2.78. The van der Waals surface area contributed by atoms with Crippen molar-refractivity contribution in [2.24, 2.45) is 0 Å². The fourth-order valence-electron chi connectivity index (χ4n) is 1.76. The normalized spacial score (nSPS) is 12.6. The van der Waals surface area contributed by atoms with E-state index in [4.69, 9.17) is 4.74 Å². The minimum atomic E-state index is 0.463. The molecule has 0 aliphatic heterocycles. The Morgan fingerprint density at radius 3 is 2.82 bits per heavy atom. The third kappa shape index (κ3) is 5.80. The molecule has 0 aliphatic carbocycles. The van der Waals surface area contributed by atoms with Crippen molar-refractivity contribution in [1.29, 1.82) is 0 Å². The number of pyridine rings is 1. The van der Waals surface area contributed by atoms with E-state index in [2.05, 4.69) is 36.3 Å². The molecule has 0 bridgehead atoms. The summed E-state index contributed by atoms with van der Waals surface area (Å²) in [6, 6.07) is 4.70. The maximum Gasteiger partial charge on any atom is 0.0477 e. The van der Waals surface area contributed by atoms with E-state index in [1.165, 1.54) is 5.56 Å². The van der Waals surface area contributed by atoms with Gasteiger partial charge in [0, 0.05) is 38.1 Å². The summed E-state index contributed by atoms with van der Waals surface area (Å²) >= 11 is 0. The van der Waals surface area contributed by atoms with Crippen LogP contribution < -0.4 is 5.32 Å². The second kappa shape index (κ2) is 8.20. The maximum absolute atomic E-state index is 5.15. The van der Waals surface area contributed by atoms with Crippen molar-refractivity contribution < 1.29 is 4.74 Å². The number of methoxy groups -OCH3 is 1. The Morgan fingerprint density at radius 2 is 2.24 bits per heavy atom. The standard InChI is InChI=1S/C14H24N2O/c1-4-8-15-14(7-9-17-3)10-13-6-5-12(2)11-16-13/h5-6,11,14-15H,4,7-10H2,1-3H3. The molecule has 1 aromatic heterocycles. The van der Waals surface area contributed by atoms with Gasteiger partial charge in [0.25, 0.3) is 0 Å². The molecule has 1 rings (SSSR count). The van der Waals surface area contributed by atoms with Crippen molar-refractivity contribution in [2.75, 3.05) is 20.3 Å². The molecule has 3 heteroatoms. The first-order valence-corrected chi connectivity index (χ1v) is 6.40. The van der Waals surface area contributed by atoms with Gasteiger partial charge in [-0.15, -0.1) is 0 Å². The molecule has 96 valence electrons. The Bertz CT molecular complexity index is 290. The first kappa shape index (κ1) is 14.1. The van der Waals surface area contributed by atoms with Gasteiger partial charge in [0.15, 0.2) is 0 Å². The van der Waals surface area contributed by atoms with Crippen LogP contribution in [0.5, 0.6) is 0 Å². The van der Waals surface area contributed by atoms with Gasteiger partial charge in [-0.05, 0) is 37.9 Å². The van der Waals surface area contributed by atoms with Gasteiger partial charge >= 0.3 is 0 Å². The predicted molar refractivity (Wildman–Crippen MR) is 71.3 cm³/mol. The summed E-state index contributed by atoms with van der Waals surface area (Å²) in [5, 5.41) is 3.55. The molecule has 1 unspecified atom stereocenters. The molecule has 1 aromatic rings. The minimum Gasteiger partial charge on any atom is -0.385 e. The molecule has 0 aromatic carbocycles. The summed E-state index contributed by atoms with van der Waals surface area (Å²) in [7, 11) is 1.75. The molecule has 0 saturated carbocycles. The van der Waals surface area contributed by atoms with Crippen molar-refractivity contribution in [1.82, 2.24) is 10.3 Å². The lowest BCUT2D eigenvalue weighted by Crippen LogP contribution is -2.33. The molecule has 0 radical (unpaired) electrons. The zero-order valence-electron chi connectivity index (χ0n) is 11.2. The number of aryl methyl sites for hydroxylation is 1. The van der Waals surface area contributed by atoms with E-state index < -0.39 is 0 Å². The molecular formula is C14H24N2O. The summed E-state index contributed by atoms with van der Waals surface area (Å²) < 4.78 is 5.15. The van der Waals surface area contributed by atoms with Gasteiger partial charge in [-0.3, -0.25) is 4.98 Å². The van der Waals surface area contributed by atoms with Crippen molar-refractivity contribution in [3.05, 3.63) is 29.6 Å². The number of rotatable bonds is 8. The molecule has 0 aliphatic rings. The lowest BCUT2D eigenvalue weighted by Gasteiger charge is -2.17. The molecule has 1 N–H and O–H groups in total. The smallest absolute Gasteiger partial charge is 0.0477 e. The van der Waals surface area contributed by atoms with E-state index in [0.717, 1.165) is 38.1 Å². The number of hydrogen-bond donors (Lipinski definition) is 1. The number of ether oxygens (including phenoxy) is 1. The van der Waals surface area contributed by atoms with Crippen LogP contribution in [0.1, 0.15) is 31.0 Å². The Labute approximate surface area is 105 Å². The van der Waals surface area contributed by atoms with Crippen LogP contribution in [0.25, 0.3) is 0 Å². The summed E-state index contributed by atoms with van der Waals surface area (Å²) in [6.07, 6.45) is 5.10. The zero-order valence-corrected chi connectivity index (χ0v) is 11.2. The van der Waals surface area contributed by atoms with E-state index in [0.29, 0.717) is 6.04 Å². The van der Waals surface area contributed by atoms with Crippen molar-refractivity contribution >= 4 is 0 Å². The molecular weight excluding hydrogens is 212 g/mol. The summed E-state index contributed by atoms with van der Waals surface area (Å²) in [4.78, 5) is 4.45. The second-order valence-corrected chi connectivity index (χ2v) is 4.46. The van der Waals surface area contributed by atoms with Crippen molar-refractivity contribution in [3.63, 3.8) is 0 Å². The number of nitrogens with zero attached hydrogens (tertiary/aromatic N) is 1. The summed E-state index contributed by atoms with van der Waals surface area (Å²) in [6.45, 7) is 6.10. The van der Waals surface area contributed by atoms with Crippen LogP contribution >= 0.6 is 0 Å². The Balaban J connectivity index is 2.48. The predicted octanol–water partition coefficient (Wildman–Crippen LogP) is 2.34. The summed E-state index contributed by atoms with van der Waals surface area (Å²) in [5.41, 5.74) is 2.36. The molecule has 1 atom stereocenters. The Morgan fingerprint density at radius 1 is 1.41 bits per heavy atom.